The van der Waals surface area contributed by atoms with Crippen molar-refractivity contribution in [3.05, 3.63) is 23.8 Å². The molecule has 3 aliphatic rings. The van der Waals surface area contributed by atoms with Gasteiger partial charge < -0.3 is 5.11 Å². The van der Waals surface area contributed by atoms with Gasteiger partial charge in [0.15, 0.2) is 0 Å². The van der Waals surface area contributed by atoms with Crippen molar-refractivity contribution in [1.82, 2.24) is 0 Å². The maximum absolute atomic E-state index is 10.3. The van der Waals surface area contributed by atoms with E-state index in [4.69, 9.17) is 0 Å². The highest BCUT2D eigenvalue weighted by Gasteiger charge is 2.46. The van der Waals surface area contributed by atoms with Crippen LogP contribution in [0.5, 0.6) is 0 Å². The molecule has 1 N–H and O–H groups in total. The number of fused-ring (bicyclic) bond motifs is 3. The van der Waals surface area contributed by atoms with E-state index in [2.05, 4.69) is 59.8 Å². The monoisotopic (exact) mass is 414 g/mol. The van der Waals surface area contributed by atoms with Crippen LogP contribution in [0.2, 0.25) is 0 Å². The Kier molecular flexibility index (Phi) is 8.33. The van der Waals surface area contributed by atoms with Gasteiger partial charge in [0, 0.05) is 0 Å². The third-order valence-corrected chi connectivity index (χ3v) is 9.75. The van der Waals surface area contributed by atoms with Gasteiger partial charge in [0.05, 0.1) is 6.10 Å². The second-order valence-electron chi connectivity index (χ2n) is 11.9. The van der Waals surface area contributed by atoms with E-state index in [1.165, 1.54) is 51.4 Å². The molecule has 0 radical (unpaired) electrons. The fourth-order valence-corrected chi connectivity index (χ4v) is 7.35. The molecule has 0 aliphatic heterocycles. The zero-order valence-corrected chi connectivity index (χ0v) is 20.9. The van der Waals surface area contributed by atoms with Gasteiger partial charge in [0.1, 0.15) is 0 Å². The standard InChI is InChI=1S/C29H50O/c1-7-23(20(2)3)13-11-21(4)27-10-8-9-24-14-15-25-19-26(30)17-18-29(25,6)28(24)16-12-22(27)5/h8-9,16,20-27,30H,7,10-15,17-19H2,1-6H3/t21-,22-,23-,24-,25?,26-,27-,29+/m1/s1. The summed E-state index contributed by atoms with van der Waals surface area (Å²) in [6.45, 7) is 14.7. The second kappa shape index (κ2) is 10.4. The van der Waals surface area contributed by atoms with Crippen LogP contribution in [0.25, 0.3) is 0 Å². The minimum Gasteiger partial charge on any atom is -0.393 e. The van der Waals surface area contributed by atoms with Gasteiger partial charge in [-0.3, -0.25) is 0 Å². The molecule has 0 heterocycles. The van der Waals surface area contributed by atoms with Crippen LogP contribution in [0.15, 0.2) is 23.8 Å². The summed E-state index contributed by atoms with van der Waals surface area (Å²) in [5.74, 6) is 5.41. The Morgan fingerprint density at radius 2 is 1.87 bits per heavy atom. The molecule has 1 unspecified atom stereocenters. The van der Waals surface area contributed by atoms with Crippen molar-refractivity contribution >= 4 is 0 Å². The van der Waals surface area contributed by atoms with Crippen LogP contribution in [0, 0.1) is 46.8 Å². The van der Waals surface area contributed by atoms with Crippen molar-refractivity contribution in [1.29, 1.82) is 0 Å². The van der Waals surface area contributed by atoms with Gasteiger partial charge in [0.25, 0.3) is 0 Å². The van der Waals surface area contributed by atoms with Crippen LogP contribution in [0.3, 0.4) is 0 Å². The van der Waals surface area contributed by atoms with Gasteiger partial charge in [-0.25, -0.2) is 0 Å². The first-order valence-corrected chi connectivity index (χ1v) is 13.3. The van der Waals surface area contributed by atoms with Crippen molar-refractivity contribution in [3.63, 3.8) is 0 Å². The lowest BCUT2D eigenvalue weighted by molar-refractivity contribution is 0.0158. The molecule has 8 atom stereocenters. The molecule has 0 amide bonds. The Labute approximate surface area is 187 Å². The van der Waals surface area contributed by atoms with Gasteiger partial charge in [-0.05, 0) is 98.2 Å². The Morgan fingerprint density at radius 1 is 1.10 bits per heavy atom. The summed E-state index contributed by atoms with van der Waals surface area (Å²) >= 11 is 0. The number of aliphatic hydroxyl groups is 1. The van der Waals surface area contributed by atoms with Crippen LogP contribution in [0.1, 0.15) is 106 Å². The number of rotatable bonds is 6. The molecule has 3 aliphatic carbocycles. The molecule has 0 aromatic rings. The Morgan fingerprint density at radius 3 is 2.57 bits per heavy atom. The molecular weight excluding hydrogens is 364 g/mol. The van der Waals surface area contributed by atoms with Gasteiger partial charge in [-0.15, -0.1) is 0 Å². The lowest BCUT2D eigenvalue weighted by atomic mass is 9.55. The third-order valence-electron chi connectivity index (χ3n) is 9.75. The fraction of sp³-hybridized carbons (Fsp3) is 0.862. The highest BCUT2D eigenvalue weighted by atomic mass is 16.3. The molecule has 3 rings (SSSR count). The zero-order valence-electron chi connectivity index (χ0n) is 20.9. The Balaban J connectivity index is 1.72. The summed E-state index contributed by atoms with van der Waals surface area (Å²) in [6, 6.07) is 0. The fourth-order valence-electron chi connectivity index (χ4n) is 7.35. The van der Waals surface area contributed by atoms with E-state index >= 15 is 0 Å². The van der Waals surface area contributed by atoms with Crippen LogP contribution >= 0.6 is 0 Å². The molecule has 0 aromatic heterocycles. The predicted molar refractivity (Wildman–Crippen MR) is 130 cm³/mol. The van der Waals surface area contributed by atoms with Crippen molar-refractivity contribution in [3.8, 4) is 0 Å². The summed E-state index contributed by atoms with van der Waals surface area (Å²) < 4.78 is 0. The molecule has 0 aromatic carbocycles. The summed E-state index contributed by atoms with van der Waals surface area (Å²) in [5, 5.41) is 10.3. The van der Waals surface area contributed by atoms with E-state index in [0.717, 1.165) is 42.4 Å². The molecular formula is C29H50O. The molecule has 1 nitrogen and oxygen atoms in total. The smallest absolute Gasteiger partial charge is 0.0543 e. The van der Waals surface area contributed by atoms with Gasteiger partial charge in [0.2, 0.25) is 0 Å². The molecule has 1 heteroatoms. The van der Waals surface area contributed by atoms with Gasteiger partial charge in [-0.2, -0.15) is 0 Å². The van der Waals surface area contributed by atoms with Crippen LogP contribution in [-0.4, -0.2) is 11.2 Å². The average molecular weight is 415 g/mol. The molecule has 2 fully saturated rings. The van der Waals surface area contributed by atoms with Crippen molar-refractivity contribution in [2.45, 2.75) is 112 Å². The lowest BCUT2D eigenvalue weighted by Crippen LogP contribution is -2.42. The van der Waals surface area contributed by atoms with Crippen molar-refractivity contribution < 1.29 is 5.11 Å². The maximum atomic E-state index is 10.3. The average Bonchev–Trinajstić information content (AvgIpc) is 2.78. The molecule has 172 valence electrons. The summed E-state index contributed by atoms with van der Waals surface area (Å²) in [4.78, 5) is 0. The number of hydrogen-bond acceptors (Lipinski definition) is 1. The van der Waals surface area contributed by atoms with Crippen LogP contribution in [-0.2, 0) is 0 Å². The Bertz CT molecular complexity index is 601. The topological polar surface area (TPSA) is 20.2 Å². The van der Waals surface area contributed by atoms with E-state index in [9.17, 15) is 5.11 Å². The molecule has 2 saturated carbocycles. The highest BCUT2D eigenvalue weighted by molar-refractivity contribution is 5.27. The highest BCUT2D eigenvalue weighted by Crippen LogP contribution is 2.56. The number of hydrogen-bond donors (Lipinski definition) is 1. The van der Waals surface area contributed by atoms with E-state index in [0.29, 0.717) is 17.3 Å². The zero-order chi connectivity index (χ0) is 21.9. The summed E-state index contributed by atoms with van der Waals surface area (Å²) in [6.07, 6.45) is 20.1. The SMILES string of the molecule is CC[C@H](CC[C@@H](C)[C@H]1CC=C[C@@H]2CCC3C[C@H](O)CC[C@]3(C)C2=CC[C@H]1C)C(C)C. The first kappa shape index (κ1) is 24.1. The normalized spacial score (nSPS) is 39.2. The number of allylic oxidation sites excluding steroid dienone is 4. The molecule has 0 bridgehead atoms. The number of aliphatic hydroxyl groups excluding tert-OH is 1. The maximum Gasteiger partial charge on any atom is 0.0543 e. The molecule has 30 heavy (non-hydrogen) atoms. The minimum absolute atomic E-state index is 0.0611. The van der Waals surface area contributed by atoms with Crippen LogP contribution in [0.4, 0.5) is 0 Å². The van der Waals surface area contributed by atoms with Crippen molar-refractivity contribution in [2.75, 3.05) is 0 Å². The van der Waals surface area contributed by atoms with E-state index < -0.39 is 0 Å². The second-order valence-corrected chi connectivity index (χ2v) is 11.9. The summed E-state index contributed by atoms with van der Waals surface area (Å²) in [5.41, 5.74) is 2.05. The third kappa shape index (κ3) is 5.25. The van der Waals surface area contributed by atoms with Crippen LogP contribution < -0.4 is 0 Å². The van der Waals surface area contributed by atoms with E-state index in [-0.39, 0.29) is 6.10 Å². The minimum atomic E-state index is -0.0611. The van der Waals surface area contributed by atoms with Gasteiger partial charge in [-0.1, -0.05) is 78.2 Å². The first-order chi connectivity index (χ1) is 14.3. The van der Waals surface area contributed by atoms with Gasteiger partial charge >= 0.3 is 0 Å². The van der Waals surface area contributed by atoms with E-state index in [1.54, 1.807) is 5.57 Å². The quantitative estimate of drug-likeness (QED) is 0.434. The lowest BCUT2D eigenvalue weighted by Gasteiger charge is -2.51. The van der Waals surface area contributed by atoms with E-state index in [1.807, 2.05) is 0 Å². The van der Waals surface area contributed by atoms with Crippen molar-refractivity contribution in [2.24, 2.45) is 46.8 Å². The molecule has 0 spiro atoms. The Hall–Kier alpha value is -0.560. The first-order valence-electron chi connectivity index (χ1n) is 13.3. The molecule has 0 saturated heterocycles. The predicted octanol–water partition coefficient (Wildman–Crippen LogP) is 8.19. The summed E-state index contributed by atoms with van der Waals surface area (Å²) in [7, 11) is 0. The largest absolute Gasteiger partial charge is 0.393 e.